The van der Waals surface area contributed by atoms with Gasteiger partial charge in [-0.1, -0.05) is 18.2 Å². The molecule has 0 fully saturated rings. The summed E-state index contributed by atoms with van der Waals surface area (Å²) in [5.41, 5.74) is 4.23. The van der Waals surface area contributed by atoms with Crippen LogP contribution < -0.4 is 14.2 Å². The molecule has 0 bridgehead atoms. The molecule has 0 amide bonds. The van der Waals surface area contributed by atoms with Gasteiger partial charge in [0.2, 0.25) is 15.9 Å². The third kappa shape index (κ3) is 5.57. The average molecular weight is 557 g/mol. The van der Waals surface area contributed by atoms with E-state index in [-0.39, 0.29) is 23.9 Å². The topological polar surface area (TPSA) is 103 Å². The van der Waals surface area contributed by atoms with Gasteiger partial charge in [0.05, 0.1) is 32.3 Å². The highest BCUT2D eigenvalue weighted by atomic mass is 32.2. The van der Waals surface area contributed by atoms with Gasteiger partial charge in [0.15, 0.2) is 0 Å². The van der Waals surface area contributed by atoms with Crippen molar-refractivity contribution >= 4 is 42.6 Å². The van der Waals surface area contributed by atoms with E-state index in [1.807, 2.05) is 32.0 Å². The van der Waals surface area contributed by atoms with Crippen LogP contribution in [0, 0.1) is 13.8 Å². The van der Waals surface area contributed by atoms with Crippen LogP contribution in [0.3, 0.4) is 0 Å². The summed E-state index contributed by atoms with van der Waals surface area (Å²) < 4.78 is 63.6. The molecular weight excluding hydrogens is 534 g/mol. The highest BCUT2D eigenvalue weighted by Crippen LogP contribution is 2.37. The number of aromatic nitrogens is 3. The van der Waals surface area contributed by atoms with E-state index in [1.165, 1.54) is 29.7 Å². The van der Waals surface area contributed by atoms with Crippen LogP contribution in [0.2, 0.25) is 0 Å². The van der Waals surface area contributed by atoms with Crippen molar-refractivity contribution in [2.24, 2.45) is 0 Å². The third-order valence-corrected chi connectivity index (χ3v) is 8.10. The summed E-state index contributed by atoms with van der Waals surface area (Å²) in [6.45, 7) is 1.05. The number of ether oxygens (including phenoxy) is 2. The second-order valence-electron chi connectivity index (χ2n) is 8.43. The lowest BCUT2D eigenvalue weighted by molar-refractivity contribution is -0.0528. The monoisotopic (exact) mass is 556 g/mol. The standard InChI is InChI=1S/C26H22F2N4O4S2/c1-15-10-19(24-20(11-15)31-22(14-29-24)36-26(27)28)25-32-23-16(2)12-17(13-21(23)37-25)35-9-8-30-38(33,34)18-6-4-3-5-7-18/h3-7,10-14,26,30H,8-9H2,1-2H3. The Morgan fingerprint density at radius 3 is 2.58 bits per heavy atom. The zero-order valence-corrected chi connectivity index (χ0v) is 21.9. The Balaban J connectivity index is 1.37. The molecule has 0 saturated carbocycles. The summed E-state index contributed by atoms with van der Waals surface area (Å²) in [4.78, 5) is 13.5. The number of benzene rings is 3. The lowest BCUT2D eigenvalue weighted by atomic mass is 10.1. The molecule has 2 aromatic heterocycles. The summed E-state index contributed by atoms with van der Waals surface area (Å²) in [6, 6.07) is 15.5. The number of hydrogen-bond donors (Lipinski definition) is 1. The first-order chi connectivity index (χ1) is 18.2. The van der Waals surface area contributed by atoms with Gasteiger partial charge in [0.1, 0.15) is 17.4 Å². The van der Waals surface area contributed by atoms with Gasteiger partial charge < -0.3 is 9.47 Å². The van der Waals surface area contributed by atoms with Gasteiger partial charge in [0.25, 0.3) is 0 Å². The molecule has 0 atom stereocenters. The molecular formula is C26H22F2N4O4S2. The molecule has 0 aliphatic carbocycles. The maximum Gasteiger partial charge on any atom is 0.388 e. The van der Waals surface area contributed by atoms with Gasteiger partial charge in [-0.2, -0.15) is 8.78 Å². The Kier molecular flexibility index (Phi) is 7.19. The third-order valence-electron chi connectivity index (χ3n) is 5.58. The van der Waals surface area contributed by atoms with Crippen molar-refractivity contribution in [2.75, 3.05) is 13.2 Å². The average Bonchev–Trinajstić information content (AvgIpc) is 3.31. The number of thiazole rings is 1. The molecule has 38 heavy (non-hydrogen) atoms. The molecule has 3 aromatic carbocycles. The smallest absolute Gasteiger partial charge is 0.388 e. The number of aryl methyl sites for hydroxylation is 2. The van der Waals surface area contributed by atoms with Crippen molar-refractivity contribution in [1.29, 1.82) is 0 Å². The van der Waals surface area contributed by atoms with E-state index in [0.717, 1.165) is 26.9 Å². The van der Waals surface area contributed by atoms with Crippen LogP contribution in [0.5, 0.6) is 11.6 Å². The zero-order chi connectivity index (χ0) is 26.9. The predicted octanol–water partition coefficient (Wildman–Crippen LogP) is 5.48. The minimum absolute atomic E-state index is 0.105. The van der Waals surface area contributed by atoms with Crippen molar-refractivity contribution in [3.63, 3.8) is 0 Å². The molecule has 0 spiro atoms. The lowest BCUT2D eigenvalue weighted by Gasteiger charge is -2.09. The highest BCUT2D eigenvalue weighted by Gasteiger charge is 2.17. The zero-order valence-electron chi connectivity index (χ0n) is 20.3. The van der Waals surface area contributed by atoms with Gasteiger partial charge in [0, 0.05) is 12.1 Å². The molecule has 0 aliphatic rings. The van der Waals surface area contributed by atoms with Crippen LogP contribution in [0.25, 0.3) is 31.8 Å². The first-order valence-corrected chi connectivity index (χ1v) is 13.8. The fourth-order valence-electron chi connectivity index (χ4n) is 3.95. The van der Waals surface area contributed by atoms with Gasteiger partial charge in [-0.15, -0.1) is 11.3 Å². The molecule has 0 saturated heterocycles. The summed E-state index contributed by atoms with van der Waals surface area (Å²) in [6.07, 6.45) is 1.17. The van der Waals surface area contributed by atoms with Gasteiger partial charge in [-0.05, 0) is 61.4 Å². The van der Waals surface area contributed by atoms with E-state index >= 15 is 0 Å². The van der Waals surface area contributed by atoms with E-state index in [9.17, 15) is 17.2 Å². The van der Waals surface area contributed by atoms with Crippen LogP contribution in [-0.4, -0.2) is 43.1 Å². The van der Waals surface area contributed by atoms with Crippen molar-refractivity contribution < 1.29 is 26.7 Å². The number of fused-ring (bicyclic) bond motifs is 2. The highest BCUT2D eigenvalue weighted by molar-refractivity contribution is 7.89. The van der Waals surface area contributed by atoms with Gasteiger partial charge >= 0.3 is 6.61 Å². The van der Waals surface area contributed by atoms with E-state index in [4.69, 9.17) is 9.72 Å². The SMILES string of the molecule is Cc1cc(-c2nc3c(C)cc(OCCNS(=O)(=O)c4ccccc4)cc3s2)c2ncc(OC(F)F)nc2c1. The number of nitrogens with zero attached hydrogens (tertiary/aromatic N) is 3. The van der Waals surface area contributed by atoms with Crippen molar-refractivity contribution in [3.05, 3.63) is 71.9 Å². The van der Waals surface area contributed by atoms with Crippen LogP contribution in [0.15, 0.2) is 65.7 Å². The number of halogens is 2. The fraction of sp³-hybridized carbons (Fsp3) is 0.192. The minimum atomic E-state index is -3.61. The molecule has 5 aromatic rings. The van der Waals surface area contributed by atoms with Gasteiger partial charge in [-0.25, -0.2) is 28.1 Å². The van der Waals surface area contributed by atoms with E-state index in [2.05, 4.69) is 19.4 Å². The van der Waals surface area contributed by atoms with E-state index in [1.54, 1.807) is 24.3 Å². The quantitative estimate of drug-likeness (QED) is 0.240. The molecule has 5 rings (SSSR count). The lowest BCUT2D eigenvalue weighted by Crippen LogP contribution is -2.28. The Morgan fingerprint density at radius 1 is 1.03 bits per heavy atom. The first kappa shape index (κ1) is 25.9. The van der Waals surface area contributed by atoms with Crippen LogP contribution in [-0.2, 0) is 10.0 Å². The van der Waals surface area contributed by atoms with E-state index in [0.29, 0.717) is 21.8 Å². The fourth-order valence-corrected chi connectivity index (χ4v) is 6.07. The number of alkyl halides is 2. The van der Waals surface area contributed by atoms with Crippen molar-refractivity contribution in [3.8, 4) is 22.2 Å². The van der Waals surface area contributed by atoms with Gasteiger partial charge in [-0.3, -0.25) is 0 Å². The molecule has 8 nitrogen and oxygen atoms in total. The molecule has 2 heterocycles. The molecule has 12 heteroatoms. The summed E-state index contributed by atoms with van der Waals surface area (Å²) in [5.74, 6) is 0.337. The van der Waals surface area contributed by atoms with Crippen LogP contribution >= 0.6 is 11.3 Å². The first-order valence-electron chi connectivity index (χ1n) is 11.5. The largest absolute Gasteiger partial charge is 0.492 e. The second-order valence-corrected chi connectivity index (χ2v) is 11.2. The normalized spacial score (nSPS) is 11.9. The second kappa shape index (κ2) is 10.6. The molecule has 196 valence electrons. The molecule has 0 unspecified atom stereocenters. The Labute approximate surface area is 221 Å². The van der Waals surface area contributed by atoms with E-state index < -0.39 is 16.6 Å². The summed E-state index contributed by atoms with van der Waals surface area (Å²) in [7, 11) is -3.61. The summed E-state index contributed by atoms with van der Waals surface area (Å²) >= 11 is 1.44. The summed E-state index contributed by atoms with van der Waals surface area (Å²) in [5, 5.41) is 0.696. The maximum absolute atomic E-state index is 12.6. The molecule has 0 radical (unpaired) electrons. The Bertz CT molecular complexity index is 1730. The molecule has 0 aliphatic heterocycles. The van der Waals surface area contributed by atoms with Crippen molar-refractivity contribution in [1.82, 2.24) is 19.7 Å². The maximum atomic E-state index is 12.6. The Hall–Kier alpha value is -3.74. The number of nitrogens with one attached hydrogen (secondary N) is 1. The number of sulfonamides is 1. The number of hydrogen-bond acceptors (Lipinski definition) is 8. The predicted molar refractivity (Wildman–Crippen MR) is 141 cm³/mol. The van der Waals surface area contributed by atoms with Crippen LogP contribution in [0.1, 0.15) is 11.1 Å². The molecule has 1 N–H and O–H groups in total. The Morgan fingerprint density at radius 2 is 1.82 bits per heavy atom. The number of rotatable bonds is 9. The minimum Gasteiger partial charge on any atom is -0.492 e. The van der Waals surface area contributed by atoms with Crippen molar-refractivity contribution in [2.45, 2.75) is 25.4 Å². The van der Waals surface area contributed by atoms with Crippen LogP contribution in [0.4, 0.5) is 8.78 Å².